The summed E-state index contributed by atoms with van der Waals surface area (Å²) in [6.45, 7) is -0.668. The van der Waals surface area contributed by atoms with Crippen molar-refractivity contribution in [3.63, 3.8) is 0 Å². The number of carboxylic acids is 1. The largest absolute Gasteiger partial charge is 0.480 e. The molecule has 0 atom stereocenters. The lowest BCUT2D eigenvalue weighted by Crippen LogP contribution is -2.11. The molecule has 4 nitrogen and oxygen atoms in total. The highest BCUT2D eigenvalue weighted by Crippen LogP contribution is 2.16. The Kier molecular flexibility index (Phi) is 4.71. The van der Waals surface area contributed by atoms with Crippen LogP contribution in [0.4, 0.5) is 8.78 Å². The lowest BCUT2D eigenvalue weighted by atomic mass is 10.1. The van der Waals surface area contributed by atoms with Gasteiger partial charge in [0.25, 0.3) is 0 Å². The van der Waals surface area contributed by atoms with Crippen molar-refractivity contribution < 1.29 is 28.2 Å². The van der Waals surface area contributed by atoms with Crippen molar-refractivity contribution in [2.75, 3.05) is 13.2 Å². The Balaban J connectivity index is 2.69. The molecule has 1 aromatic carbocycles. The molecule has 0 saturated heterocycles. The number of carboxylic acid groups (broad SMARTS) is 1. The van der Waals surface area contributed by atoms with E-state index in [1.807, 2.05) is 0 Å². The smallest absolute Gasteiger partial charge is 0.329 e. The standard InChI is InChI=1S/C11H10F2O4/c12-9-2-1-7(5-14)11(13)8(9)3-4-17-6-10(15)16/h1-2,5H,3-4,6H2,(H,15,16). The molecule has 0 spiro atoms. The zero-order chi connectivity index (χ0) is 12.8. The minimum atomic E-state index is -1.16. The van der Waals surface area contributed by atoms with Crippen molar-refractivity contribution in [1.29, 1.82) is 0 Å². The van der Waals surface area contributed by atoms with Crippen LogP contribution in [0, 0.1) is 11.6 Å². The summed E-state index contributed by atoms with van der Waals surface area (Å²) in [6, 6.07) is 2.03. The molecule has 1 aromatic rings. The van der Waals surface area contributed by atoms with Gasteiger partial charge in [0, 0.05) is 12.0 Å². The van der Waals surface area contributed by atoms with Gasteiger partial charge in [0.1, 0.15) is 18.2 Å². The fourth-order valence-corrected chi connectivity index (χ4v) is 1.27. The Hall–Kier alpha value is -1.82. The number of benzene rings is 1. The molecule has 0 radical (unpaired) electrons. The second-order valence-corrected chi connectivity index (χ2v) is 3.24. The van der Waals surface area contributed by atoms with E-state index in [1.54, 1.807) is 0 Å². The normalized spacial score (nSPS) is 10.2. The zero-order valence-corrected chi connectivity index (χ0v) is 8.78. The number of rotatable bonds is 6. The first-order valence-electron chi connectivity index (χ1n) is 4.78. The second kappa shape index (κ2) is 6.05. The van der Waals surface area contributed by atoms with Crippen LogP contribution in [0.1, 0.15) is 15.9 Å². The Bertz CT molecular complexity index is 432. The zero-order valence-electron chi connectivity index (χ0n) is 8.78. The van der Waals surface area contributed by atoms with Gasteiger partial charge in [-0.15, -0.1) is 0 Å². The van der Waals surface area contributed by atoms with E-state index in [1.165, 1.54) is 0 Å². The minimum absolute atomic E-state index is 0.132. The third kappa shape index (κ3) is 3.60. The summed E-state index contributed by atoms with van der Waals surface area (Å²) < 4.78 is 31.4. The number of aldehydes is 1. The molecule has 0 aromatic heterocycles. The summed E-state index contributed by atoms with van der Waals surface area (Å²) in [6.07, 6.45) is 0.156. The van der Waals surface area contributed by atoms with Crippen LogP contribution in [0.15, 0.2) is 12.1 Å². The minimum Gasteiger partial charge on any atom is -0.480 e. The number of carbonyl (C=O) groups excluding carboxylic acids is 1. The number of hydrogen-bond donors (Lipinski definition) is 1. The average molecular weight is 244 g/mol. The average Bonchev–Trinajstić information content (AvgIpc) is 2.27. The Morgan fingerprint density at radius 1 is 1.41 bits per heavy atom. The topological polar surface area (TPSA) is 63.6 Å². The van der Waals surface area contributed by atoms with Crippen LogP contribution in [0.25, 0.3) is 0 Å². The number of ether oxygens (including phenoxy) is 1. The van der Waals surface area contributed by atoms with Gasteiger partial charge in [-0.2, -0.15) is 0 Å². The van der Waals surface area contributed by atoms with E-state index < -0.39 is 24.2 Å². The van der Waals surface area contributed by atoms with Crippen LogP contribution in [0.5, 0.6) is 0 Å². The molecule has 0 aliphatic rings. The Morgan fingerprint density at radius 3 is 2.71 bits per heavy atom. The number of halogens is 2. The molecule has 0 fully saturated rings. The molecule has 0 aliphatic carbocycles. The van der Waals surface area contributed by atoms with Gasteiger partial charge < -0.3 is 9.84 Å². The van der Waals surface area contributed by atoms with Crippen LogP contribution in [-0.2, 0) is 16.0 Å². The van der Waals surface area contributed by atoms with E-state index in [-0.39, 0.29) is 30.4 Å². The number of aliphatic carboxylic acids is 1. The third-order valence-electron chi connectivity index (χ3n) is 2.06. The van der Waals surface area contributed by atoms with Gasteiger partial charge in [-0.3, -0.25) is 4.79 Å². The van der Waals surface area contributed by atoms with Gasteiger partial charge in [-0.1, -0.05) is 0 Å². The molecule has 0 saturated carbocycles. The highest BCUT2D eigenvalue weighted by Gasteiger charge is 2.13. The highest BCUT2D eigenvalue weighted by atomic mass is 19.1. The molecular formula is C11H10F2O4. The van der Waals surface area contributed by atoms with Crippen LogP contribution in [0.3, 0.4) is 0 Å². The number of carbonyl (C=O) groups is 2. The van der Waals surface area contributed by atoms with Crippen molar-refractivity contribution >= 4 is 12.3 Å². The first-order valence-corrected chi connectivity index (χ1v) is 4.78. The van der Waals surface area contributed by atoms with Crippen molar-refractivity contribution in [3.8, 4) is 0 Å². The molecule has 0 aliphatic heterocycles. The van der Waals surface area contributed by atoms with E-state index in [0.29, 0.717) is 0 Å². The predicted molar refractivity (Wildman–Crippen MR) is 53.9 cm³/mol. The molecule has 1 N–H and O–H groups in total. The summed E-state index contributed by atoms with van der Waals surface area (Å²) in [5, 5.41) is 8.28. The lowest BCUT2D eigenvalue weighted by Gasteiger charge is -2.06. The maximum atomic E-state index is 13.5. The van der Waals surface area contributed by atoms with Crippen molar-refractivity contribution in [2.45, 2.75) is 6.42 Å². The molecule has 17 heavy (non-hydrogen) atoms. The van der Waals surface area contributed by atoms with Crippen LogP contribution < -0.4 is 0 Å². The van der Waals surface area contributed by atoms with Crippen LogP contribution >= 0.6 is 0 Å². The first-order chi connectivity index (χ1) is 8.06. The monoisotopic (exact) mass is 244 g/mol. The van der Waals surface area contributed by atoms with E-state index in [0.717, 1.165) is 12.1 Å². The molecule has 0 amide bonds. The third-order valence-corrected chi connectivity index (χ3v) is 2.06. The van der Waals surface area contributed by atoms with Crippen molar-refractivity contribution in [1.82, 2.24) is 0 Å². The first kappa shape index (κ1) is 13.2. The Labute approximate surface area is 95.8 Å². The van der Waals surface area contributed by atoms with Crippen molar-refractivity contribution in [2.24, 2.45) is 0 Å². The highest BCUT2D eigenvalue weighted by molar-refractivity contribution is 5.75. The van der Waals surface area contributed by atoms with Gasteiger partial charge in [0.15, 0.2) is 6.29 Å². The van der Waals surface area contributed by atoms with E-state index >= 15 is 0 Å². The summed E-state index contributed by atoms with van der Waals surface area (Å²) in [5.41, 5.74) is -0.514. The maximum absolute atomic E-state index is 13.5. The molecule has 6 heteroatoms. The second-order valence-electron chi connectivity index (χ2n) is 3.24. The van der Waals surface area contributed by atoms with E-state index in [4.69, 9.17) is 5.11 Å². The van der Waals surface area contributed by atoms with Gasteiger partial charge >= 0.3 is 5.97 Å². The molecular weight excluding hydrogens is 234 g/mol. The maximum Gasteiger partial charge on any atom is 0.329 e. The summed E-state index contributed by atoms with van der Waals surface area (Å²) in [4.78, 5) is 20.6. The van der Waals surface area contributed by atoms with Crippen LogP contribution in [0.2, 0.25) is 0 Å². The molecule has 0 heterocycles. The number of hydrogen-bond acceptors (Lipinski definition) is 3. The summed E-state index contributed by atoms with van der Waals surface area (Å²) in [7, 11) is 0. The van der Waals surface area contributed by atoms with Gasteiger partial charge in [-0.05, 0) is 12.1 Å². The van der Waals surface area contributed by atoms with Gasteiger partial charge in [0.05, 0.1) is 12.2 Å². The van der Waals surface area contributed by atoms with E-state index in [9.17, 15) is 18.4 Å². The van der Waals surface area contributed by atoms with Gasteiger partial charge in [0.2, 0.25) is 0 Å². The molecule has 0 unspecified atom stereocenters. The van der Waals surface area contributed by atoms with Gasteiger partial charge in [-0.25, -0.2) is 13.6 Å². The van der Waals surface area contributed by atoms with Crippen molar-refractivity contribution in [3.05, 3.63) is 34.9 Å². The lowest BCUT2D eigenvalue weighted by molar-refractivity contribution is -0.142. The quantitative estimate of drug-likeness (QED) is 0.607. The summed E-state index contributed by atoms with van der Waals surface area (Å²) >= 11 is 0. The fraction of sp³-hybridized carbons (Fsp3) is 0.273. The molecule has 92 valence electrons. The summed E-state index contributed by atoms with van der Waals surface area (Å²) in [5.74, 6) is -2.88. The molecule has 1 rings (SSSR count). The molecule has 0 bridgehead atoms. The predicted octanol–water partition coefficient (Wildman–Crippen LogP) is 1.42. The van der Waals surface area contributed by atoms with Crippen LogP contribution in [-0.4, -0.2) is 30.6 Å². The Morgan fingerprint density at radius 2 is 2.12 bits per heavy atom. The van der Waals surface area contributed by atoms with E-state index in [2.05, 4.69) is 4.74 Å². The fourth-order valence-electron chi connectivity index (χ4n) is 1.27. The SMILES string of the molecule is O=Cc1ccc(F)c(CCOCC(=O)O)c1F.